The Bertz CT molecular complexity index is 1230. The van der Waals surface area contributed by atoms with Gasteiger partial charge in [0.1, 0.15) is 5.82 Å². The minimum Gasteiger partial charge on any atom is -0.437 e. The Morgan fingerprint density at radius 2 is 2.00 bits per heavy atom. The molecule has 0 bridgehead atoms. The Morgan fingerprint density at radius 3 is 2.66 bits per heavy atom. The van der Waals surface area contributed by atoms with Crippen LogP contribution in [0.4, 0.5) is 17.6 Å². The molecule has 0 spiro atoms. The summed E-state index contributed by atoms with van der Waals surface area (Å²) in [4.78, 5) is 6.57. The lowest BCUT2D eigenvalue weighted by molar-refractivity contribution is -0.137. The number of aryl methyl sites for hydroxylation is 2. The van der Waals surface area contributed by atoms with Crippen molar-refractivity contribution in [1.29, 1.82) is 0 Å². The quantitative estimate of drug-likeness (QED) is 0.230. The number of thioether (sulfide) groups is 1. The van der Waals surface area contributed by atoms with Gasteiger partial charge in [0, 0.05) is 38.2 Å². The first kappa shape index (κ1) is 26.0. The van der Waals surface area contributed by atoms with Crippen molar-refractivity contribution >= 4 is 24.2 Å². The van der Waals surface area contributed by atoms with E-state index in [1.165, 1.54) is 6.07 Å². The average Bonchev–Trinajstić information content (AvgIpc) is 3.00. The number of alkyl halides is 3. The summed E-state index contributed by atoms with van der Waals surface area (Å²) in [6.45, 7) is 6.04. The molecule has 0 radical (unpaired) electrons. The Labute approximate surface area is 210 Å². The molecule has 3 heterocycles. The summed E-state index contributed by atoms with van der Waals surface area (Å²) in [5.41, 5.74) is -0.0790. The number of hydrogen-bond donors (Lipinski definition) is 0. The molecule has 2 atom stereocenters. The van der Waals surface area contributed by atoms with Crippen molar-refractivity contribution < 1.29 is 22.0 Å². The average molecular weight is 532 g/mol. The second kappa shape index (κ2) is 9.40. The highest BCUT2D eigenvalue weighted by Gasteiger charge is 2.61. The van der Waals surface area contributed by atoms with E-state index >= 15 is 0 Å². The molecular weight excluding hydrogens is 506 g/mol. The van der Waals surface area contributed by atoms with Gasteiger partial charge in [-0.05, 0) is 49.9 Å². The van der Waals surface area contributed by atoms with E-state index in [0.717, 1.165) is 48.6 Å². The number of hydrogen-bond acceptors (Lipinski definition) is 6. The summed E-state index contributed by atoms with van der Waals surface area (Å²) < 4.78 is 60.7. The van der Waals surface area contributed by atoms with Crippen LogP contribution in [0.25, 0.3) is 11.6 Å². The molecule has 35 heavy (non-hydrogen) atoms. The Kier molecular flexibility index (Phi) is 6.98. The molecule has 0 amide bonds. The zero-order chi connectivity index (χ0) is 24.3. The Balaban J connectivity index is 0.00000289. The maximum atomic E-state index is 14.6. The first-order valence-corrected chi connectivity index (χ1v) is 12.1. The topological polar surface area (TPSA) is 60.0 Å². The number of fused-ring (bicyclic) bond motifs is 1. The summed E-state index contributed by atoms with van der Waals surface area (Å²) in [6.07, 6.45) is -2.79. The molecule has 3 aromatic rings. The number of halogens is 5. The zero-order valence-electron chi connectivity index (χ0n) is 19.5. The van der Waals surface area contributed by atoms with Crippen molar-refractivity contribution in [2.24, 2.45) is 13.0 Å². The van der Waals surface area contributed by atoms with Gasteiger partial charge in [-0.2, -0.15) is 13.2 Å². The summed E-state index contributed by atoms with van der Waals surface area (Å²) in [5.74, 6) is 2.24. The molecule has 2 aromatic heterocycles. The Morgan fingerprint density at radius 1 is 1.23 bits per heavy atom. The van der Waals surface area contributed by atoms with Gasteiger partial charge < -0.3 is 13.9 Å². The fourth-order valence-corrected chi connectivity index (χ4v) is 5.93. The summed E-state index contributed by atoms with van der Waals surface area (Å²) in [5, 5.41) is 9.30. The second-order valence-corrected chi connectivity index (χ2v) is 10.3. The number of benzene rings is 1. The van der Waals surface area contributed by atoms with E-state index in [1.807, 2.05) is 18.5 Å². The predicted molar refractivity (Wildman–Crippen MR) is 126 cm³/mol. The predicted octanol–water partition coefficient (Wildman–Crippen LogP) is 5.42. The van der Waals surface area contributed by atoms with Crippen molar-refractivity contribution in [3.8, 4) is 11.6 Å². The highest BCUT2D eigenvalue weighted by molar-refractivity contribution is 7.99. The van der Waals surface area contributed by atoms with Crippen molar-refractivity contribution in [3.63, 3.8) is 0 Å². The molecule has 6 nitrogen and oxygen atoms in total. The fraction of sp³-hybridized carbons (Fsp3) is 0.522. The maximum Gasteiger partial charge on any atom is 0.416 e. The van der Waals surface area contributed by atoms with Crippen molar-refractivity contribution in [2.75, 3.05) is 25.4 Å². The van der Waals surface area contributed by atoms with Crippen molar-refractivity contribution in [1.82, 2.24) is 24.6 Å². The lowest BCUT2D eigenvalue weighted by Gasteiger charge is -2.21. The van der Waals surface area contributed by atoms with Gasteiger partial charge in [-0.15, -0.1) is 22.6 Å². The van der Waals surface area contributed by atoms with Gasteiger partial charge in [0.05, 0.1) is 11.3 Å². The number of oxazole rings is 1. The summed E-state index contributed by atoms with van der Waals surface area (Å²) in [7, 11) is 1.89. The van der Waals surface area contributed by atoms with Crippen molar-refractivity contribution in [2.45, 2.75) is 43.4 Å². The van der Waals surface area contributed by atoms with Crippen LogP contribution in [-0.2, 0) is 18.6 Å². The van der Waals surface area contributed by atoms with E-state index in [2.05, 4.69) is 20.1 Å². The first-order chi connectivity index (χ1) is 16.1. The minimum atomic E-state index is -4.53. The monoisotopic (exact) mass is 531 g/mol. The van der Waals surface area contributed by atoms with Crippen molar-refractivity contribution in [3.05, 3.63) is 46.7 Å². The van der Waals surface area contributed by atoms with E-state index in [0.29, 0.717) is 41.6 Å². The number of aromatic nitrogens is 4. The molecule has 1 aliphatic carbocycles. The standard InChI is InChI=1S/C23H25F4N5OS.ClH/c1-13-19(33-14(2)28-13)20-29-30-21(31(20)3)34-8-4-7-32-11-16-10-22(16,12-32)17-6-5-15(9-18(17)24)23(25,26)27;/h5-6,9,16H,4,7-8,10-12H2,1-3H3;1H/t16-,22-;/m1./s1. The highest BCUT2D eigenvalue weighted by Crippen LogP contribution is 2.59. The summed E-state index contributed by atoms with van der Waals surface area (Å²) >= 11 is 1.61. The van der Waals surface area contributed by atoms with E-state index < -0.39 is 17.6 Å². The third-order valence-electron chi connectivity index (χ3n) is 6.84. The van der Waals surface area contributed by atoms with Crippen LogP contribution in [0.15, 0.2) is 27.8 Å². The van der Waals surface area contributed by atoms with Crippen LogP contribution in [0.1, 0.15) is 35.6 Å². The first-order valence-electron chi connectivity index (χ1n) is 11.1. The van der Waals surface area contributed by atoms with E-state index in [-0.39, 0.29) is 17.8 Å². The van der Waals surface area contributed by atoms with Gasteiger partial charge in [-0.3, -0.25) is 0 Å². The fourth-order valence-electron chi connectivity index (χ4n) is 5.10. The number of piperidine rings is 1. The van der Waals surface area contributed by atoms with Gasteiger partial charge in [-0.1, -0.05) is 17.8 Å². The largest absolute Gasteiger partial charge is 0.437 e. The molecule has 1 saturated carbocycles. The number of rotatable bonds is 7. The molecule has 2 aliphatic rings. The molecular formula is C23H26ClF4N5OS. The molecule has 0 unspecified atom stereocenters. The van der Waals surface area contributed by atoms with Gasteiger partial charge in [0.25, 0.3) is 0 Å². The van der Waals surface area contributed by atoms with Gasteiger partial charge in [-0.25, -0.2) is 9.37 Å². The van der Waals surface area contributed by atoms with Crippen LogP contribution in [0.3, 0.4) is 0 Å². The molecule has 5 rings (SSSR count). The smallest absolute Gasteiger partial charge is 0.416 e. The van der Waals surface area contributed by atoms with Crippen LogP contribution in [-0.4, -0.2) is 50.0 Å². The third-order valence-corrected chi connectivity index (χ3v) is 7.95. The van der Waals surface area contributed by atoms with Gasteiger partial charge in [0.15, 0.2) is 16.8 Å². The van der Waals surface area contributed by atoms with Gasteiger partial charge >= 0.3 is 6.18 Å². The van der Waals surface area contributed by atoms with Crippen LogP contribution in [0.2, 0.25) is 0 Å². The molecule has 12 heteroatoms. The molecule has 2 fully saturated rings. The third kappa shape index (κ3) is 4.82. The minimum absolute atomic E-state index is 0. The van der Waals surface area contributed by atoms with Crippen LogP contribution in [0.5, 0.6) is 0 Å². The lowest BCUT2D eigenvalue weighted by Crippen LogP contribution is -2.28. The van der Waals surface area contributed by atoms with Crippen LogP contribution in [0, 0.1) is 25.6 Å². The molecule has 190 valence electrons. The molecule has 1 aromatic carbocycles. The SMILES string of the molecule is Cc1nc(C)c(-c2nnc(SCCCN3C[C@H]4C[C@@]4(c4ccc(C(F)(F)F)cc4F)C3)n2C)o1.Cl. The molecule has 1 aliphatic heterocycles. The molecule has 0 N–H and O–H groups in total. The molecule has 1 saturated heterocycles. The van der Waals surface area contributed by atoms with E-state index in [9.17, 15) is 17.6 Å². The lowest BCUT2D eigenvalue weighted by atomic mass is 9.93. The van der Waals surface area contributed by atoms with E-state index in [4.69, 9.17) is 4.42 Å². The van der Waals surface area contributed by atoms with Crippen LogP contribution >= 0.6 is 24.2 Å². The van der Waals surface area contributed by atoms with Gasteiger partial charge in [0.2, 0.25) is 5.82 Å². The Hall–Kier alpha value is -2.11. The van der Waals surface area contributed by atoms with Crippen LogP contribution < -0.4 is 0 Å². The normalized spacial score (nSPS) is 21.7. The number of nitrogens with zero attached hydrogens (tertiary/aromatic N) is 5. The summed E-state index contributed by atoms with van der Waals surface area (Å²) in [6, 6.07) is 2.97. The second-order valence-electron chi connectivity index (χ2n) is 9.20. The number of likely N-dealkylation sites (tertiary alicyclic amines) is 1. The van der Waals surface area contributed by atoms with E-state index in [1.54, 1.807) is 18.7 Å². The maximum absolute atomic E-state index is 14.6. The highest BCUT2D eigenvalue weighted by atomic mass is 35.5. The zero-order valence-corrected chi connectivity index (χ0v) is 21.2.